The average molecular weight is 458 g/mol. The average Bonchev–Trinajstić information content (AvgIpc) is 2.45. The van der Waals surface area contributed by atoms with E-state index < -0.39 is 11.7 Å². The summed E-state index contributed by atoms with van der Waals surface area (Å²) >= 11 is 0. The first-order chi connectivity index (χ1) is 10.6. The van der Waals surface area contributed by atoms with Crippen LogP contribution in [0.4, 0.5) is 13.2 Å². The summed E-state index contributed by atoms with van der Waals surface area (Å²) in [6, 6.07) is 5.09. The fourth-order valence-corrected chi connectivity index (χ4v) is 1.84. The molecule has 0 aliphatic rings. The Bertz CT molecular complexity index is 508. The molecule has 0 spiro atoms. The number of benzene rings is 1. The van der Waals surface area contributed by atoms with Crippen molar-refractivity contribution in [2.75, 3.05) is 20.1 Å². The summed E-state index contributed by atoms with van der Waals surface area (Å²) in [7, 11) is 1.65. The zero-order valence-electron chi connectivity index (χ0n) is 14.4. The Morgan fingerprint density at radius 2 is 1.58 bits per heavy atom. The van der Waals surface area contributed by atoms with Gasteiger partial charge in [0.1, 0.15) is 0 Å². The quantitative estimate of drug-likeness (QED) is 0.275. The lowest BCUT2D eigenvalue weighted by Gasteiger charge is -2.21. The van der Waals surface area contributed by atoms with Crippen molar-refractivity contribution in [3.8, 4) is 0 Å². The van der Waals surface area contributed by atoms with Crippen molar-refractivity contribution in [1.82, 2.24) is 16.0 Å². The molecule has 0 aromatic heterocycles. The first-order valence-electron chi connectivity index (χ1n) is 7.47. The second-order valence-electron chi connectivity index (χ2n) is 6.22. The summed E-state index contributed by atoms with van der Waals surface area (Å²) in [4.78, 5) is 4.08. The van der Waals surface area contributed by atoms with E-state index >= 15 is 0 Å². The minimum absolute atomic E-state index is 0. The topological polar surface area (TPSA) is 48.5 Å². The van der Waals surface area contributed by atoms with Crippen molar-refractivity contribution in [3.63, 3.8) is 0 Å². The second-order valence-corrected chi connectivity index (χ2v) is 6.22. The number of nitrogens with one attached hydrogen (secondary N) is 3. The molecule has 138 valence electrons. The van der Waals surface area contributed by atoms with Crippen LogP contribution in [0.1, 0.15) is 31.9 Å². The third-order valence-corrected chi connectivity index (χ3v) is 3.04. The highest BCUT2D eigenvalue weighted by Gasteiger charge is 2.29. The Hall–Kier alpha value is -1.03. The molecule has 0 unspecified atom stereocenters. The van der Waals surface area contributed by atoms with E-state index in [1.165, 1.54) is 12.1 Å². The van der Waals surface area contributed by atoms with Gasteiger partial charge in [-0.25, -0.2) is 0 Å². The van der Waals surface area contributed by atoms with Gasteiger partial charge in [0.05, 0.1) is 5.56 Å². The zero-order chi connectivity index (χ0) is 17.5. The molecule has 3 N–H and O–H groups in total. The van der Waals surface area contributed by atoms with Gasteiger partial charge in [0.15, 0.2) is 5.96 Å². The number of guanidine groups is 1. The minimum atomic E-state index is -4.30. The predicted octanol–water partition coefficient (Wildman–Crippen LogP) is 3.38. The van der Waals surface area contributed by atoms with E-state index in [9.17, 15) is 13.2 Å². The molecule has 1 rings (SSSR count). The molecule has 0 bridgehead atoms. The van der Waals surface area contributed by atoms with E-state index in [1.807, 2.05) is 0 Å². The maximum Gasteiger partial charge on any atom is 0.416 e. The van der Waals surface area contributed by atoms with E-state index in [4.69, 9.17) is 0 Å². The smallest absolute Gasteiger partial charge is 0.355 e. The van der Waals surface area contributed by atoms with Crippen LogP contribution in [0.5, 0.6) is 0 Å². The van der Waals surface area contributed by atoms with Crippen LogP contribution in [-0.2, 0) is 12.7 Å². The van der Waals surface area contributed by atoms with Crippen LogP contribution >= 0.6 is 24.0 Å². The Balaban J connectivity index is 0.00000529. The van der Waals surface area contributed by atoms with Crippen LogP contribution < -0.4 is 16.0 Å². The standard InChI is InChI=1S/C16H25F3N4.HI/c1-15(2,3)23-10-9-21-14(20-4)22-11-12-5-7-13(8-6-12)16(17,18)19;/h5-8,23H,9-11H2,1-4H3,(H2,20,21,22);1H. The lowest BCUT2D eigenvalue weighted by Crippen LogP contribution is -2.44. The first-order valence-corrected chi connectivity index (χ1v) is 7.47. The van der Waals surface area contributed by atoms with Gasteiger partial charge in [-0.2, -0.15) is 13.2 Å². The van der Waals surface area contributed by atoms with Crippen LogP contribution in [0.2, 0.25) is 0 Å². The predicted molar refractivity (Wildman–Crippen MR) is 103 cm³/mol. The molecule has 0 saturated heterocycles. The molecule has 8 heteroatoms. The normalized spacial score (nSPS) is 12.5. The van der Waals surface area contributed by atoms with Crippen molar-refractivity contribution in [2.45, 2.75) is 39.0 Å². The van der Waals surface area contributed by atoms with Gasteiger partial charge in [0.2, 0.25) is 0 Å². The molecule has 0 amide bonds. The second kappa shape index (κ2) is 10.1. The summed E-state index contributed by atoms with van der Waals surface area (Å²) in [6.45, 7) is 8.15. The van der Waals surface area contributed by atoms with E-state index in [1.54, 1.807) is 7.05 Å². The van der Waals surface area contributed by atoms with Crippen molar-refractivity contribution in [3.05, 3.63) is 35.4 Å². The van der Waals surface area contributed by atoms with Crippen LogP contribution in [0, 0.1) is 0 Å². The molecule has 0 heterocycles. The summed E-state index contributed by atoms with van der Waals surface area (Å²) < 4.78 is 37.5. The Morgan fingerprint density at radius 3 is 2.04 bits per heavy atom. The van der Waals surface area contributed by atoms with Crippen LogP contribution in [0.25, 0.3) is 0 Å². The van der Waals surface area contributed by atoms with E-state index in [0.717, 1.165) is 24.2 Å². The third kappa shape index (κ3) is 9.31. The van der Waals surface area contributed by atoms with Gasteiger partial charge in [-0.3, -0.25) is 4.99 Å². The highest BCUT2D eigenvalue weighted by atomic mass is 127. The number of alkyl halides is 3. The zero-order valence-corrected chi connectivity index (χ0v) is 16.8. The van der Waals surface area contributed by atoms with E-state index in [-0.39, 0.29) is 29.5 Å². The van der Waals surface area contributed by atoms with Gasteiger partial charge in [0.25, 0.3) is 0 Å². The fraction of sp³-hybridized carbons (Fsp3) is 0.562. The monoisotopic (exact) mass is 458 g/mol. The van der Waals surface area contributed by atoms with Gasteiger partial charge in [-0.1, -0.05) is 12.1 Å². The Kier molecular flexibility index (Phi) is 9.64. The molecule has 4 nitrogen and oxygen atoms in total. The molecule has 0 radical (unpaired) electrons. The van der Waals surface area contributed by atoms with Gasteiger partial charge < -0.3 is 16.0 Å². The molecule has 1 aromatic carbocycles. The van der Waals surface area contributed by atoms with Crippen LogP contribution in [0.3, 0.4) is 0 Å². The molecule has 24 heavy (non-hydrogen) atoms. The van der Waals surface area contributed by atoms with Crippen LogP contribution in [-0.4, -0.2) is 31.6 Å². The molecule has 0 fully saturated rings. The summed E-state index contributed by atoms with van der Waals surface area (Å²) in [5, 5.41) is 9.56. The number of nitrogens with zero attached hydrogens (tertiary/aromatic N) is 1. The van der Waals surface area contributed by atoms with Crippen molar-refractivity contribution in [2.24, 2.45) is 4.99 Å². The van der Waals surface area contributed by atoms with Crippen molar-refractivity contribution < 1.29 is 13.2 Å². The van der Waals surface area contributed by atoms with Crippen molar-refractivity contribution >= 4 is 29.9 Å². The molecular weight excluding hydrogens is 432 g/mol. The number of halogens is 4. The largest absolute Gasteiger partial charge is 0.416 e. The summed E-state index contributed by atoms with van der Waals surface area (Å²) in [5.41, 5.74) is 0.171. The highest BCUT2D eigenvalue weighted by molar-refractivity contribution is 14.0. The molecule has 1 aromatic rings. The lowest BCUT2D eigenvalue weighted by atomic mass is 10.1. The molecule has 0 aliphatic heterocycles. The Morgan fingerprint density at radius 1 is 1.00 bits per heavy atom. The van der Waals surface area contributed by atoms with Gasteiger partial charge in [-0.15, -0.1) is 24.0 Å². The Labute approximate surface area is 158 Å². The van der Waals surface area contributed by atoms with E-state index in [2.05, 4.69) is 41.7 Å². The number of hydrogen-bond acceptors (Lipinski definition) is 2. The first kappa shape index (κ1) is 23.0. The number of rotatable bonds is 5. The fourth-order valence-electron chi connectivity index (χ4n) is 1.84. The van der Waals surface area contributed by atoms with Gasteiger partial charge >= 0.3 is 6.18 Å². The molecule has 0 atom stereocenters. The van der Waals surface area contributed by atoms with E-state index in [0.29, 0.717) is 19.0 Å². The lowest BCUT2D eigenvalue weighted by molar-refractivity contribution is -0.137. The van der Waals surface area contributed by atoms with Crippen LogP contribution in [0.15, 0.2) is 29.3 Å². The van der Waals surface area contributed by atoms with Gasteiger partial charge in [0, 0.05) is 32.2 Å². The number of aliphatic imine (C=N–C) groups is 1. The maximum absolute atomic E-state index is 12.5. The highest BCUT2D eigenvalue weighted by Crippen LogP contribution is 2.28. The molecule has 0 saturated carbocycles. The summed E-state index contributed by atoms with van der Waals surface area (Å²) in [5.74, 6) is 0.612. The summed E-state index contributed by atoms with van der Waals surface area (Å²) in [6.07, 6.45) is -4.30. The van der Waals surface area contributed by atoms with Crippen molar-refractivity contribution in [1.29, 1.82) is 0 Å². The minimum Gasteiger partial charge on any atom is -0.355 e. The maximum atomic E-state index is 12.5. The molecular formula is C16H26F3IN4. The number of hydrogen-bond donors (Lipinski definition) is 3. The SMILES string of the molecule is CN=C(NCCNC(C)(C)C)NCc1ccc(C(F)(F)F)cc1.I. The third-order valence-electron chi connectivity index (χ3n) is 3.04. The van der Waals surface area contributed by atoms with Gasteiger partial charge in [-0.05, 0) is 38.5 Å². The molecule has 0 aliphatic carbocycles.